The van der Waals surface area contributed by atoms with Crippen LogP contribution in [0.25, 0.3) is 33.5 Å². The molecule has 0 fully saturated rings. The highest BCUT2D eigenvalue weighted by molar-refractivity contribution is 7.92. The van der Waals surface area contributed by atoms with Crippen molar-refractivity contribution in [3.05, 3.63) is 76.3 Å². The molecule has 2 heterocycles. The van der Waals surface area contributed by atoms with Gasteiger partial charge in [0.05, 0.1) is 16.8 Å². The number of rotatable bonds is 5. The monoisotopic (exact) mass is 525 g/mol. The van der Waals surface area contributed by atoms with E-state index in [0.29, 0.717) is 17.0 Å². The summed E-state index contributed by atoms with van der Waals surface area (Å²) in [6.45, 7) is 1.80. The molecule has 5 rings (SSSR count). The van der Waals surface area contributed by atoms with Crippen LogP contribution in [-0.2, 0) is 16.8 Å². The summed E-state index contributed by atoms with van der Waals surface area (Å²) in [6.07, 6.45) is 3.00. The van der Waals surface area contributed by atoms with E-state index in [-0.39, 0.29) is 34.0 Å². The first-order chi connectivity index (χ1) is 17.5. The molecular weight excluding hydrogens is 504 g/mol. The maximum absolute atomic E-state index is 15.6. The molecule has 0 spiro atoms. The molecule has 0 aliphatic carbocycles. The maximum Gasteiger partial charge on any atom is 0.439 e. The van der Waals surface area contributed by atoms with Crippen molar-refractivity contribution in [1.29, 1.82) is 0 Å². The molecule has 9 nitrogen and oxygen atoms in total. The molecule has 12 heteroatoms. The van der Waals surface area contributed by atoms with E-state index in [9.17, 15) is 9.00 Å². The first-order valence-electron chi connectivity index (χ1n) is 11.0. The Bertz CT molecular complexity index is 1840. The fourth-order valence-corrected chi connectivity index (χ4v) is 4.47. The fraction of sp³-hybridized carbons (Fsp3) is 0.160. The standard InChI is InChI=1S/C25H21F2N5O4S/c1-13-5-6-15(23-29-25(33)36-30-23)11-19(13)35-24-28-22-18(32(24)2)12-17(26)20(21(22)27)14-7-9-16(10-8-14)31-37(3,4)34/h5-12H,1-4H3,(H,29,30,33). The van der Waals surface area contributed by atoms with Gasteiger partial charge in [0.2, 0.25) is 0 Å². The highest BCUT2D eigenvalue weighted by Crippen LogP contribution is 2.36. The number of halogens is 2. The van der Waals surface area contributed by atoms with Crippen molar-refractivity contribution in [2.75, 3.05) is 12.5 Å². The summed E-state index contributed by atoms with van der Waals surface area (Å²) in [5.41, 5.74) is 1.89. The van der Waals surface area contributed by atoms with E-state index in [2.05, 4.69) is 24.0 Å². The molecule has 0 unspecified atom stereocenters. The van der Waals surface area contributed by atoms with Gasteiger partial charge in [0, 0.05) is 40.9 Å². The molecule has 0 bridgehead atoms. The van der Waals surface area contributed by atoms with Crippen LogP contribution < -0.4 is 10.5 Å². The maximum atomic E-state index is 15.6. The molecule has 0 saturated carbocycles. The fourth-order valence-electron chi connectivity index (χ4n) is 3.84. The number of aromatic nitrogens is 4. The van der Waals surface area contributed by atoms with Crippen molar-refractivity contribution in [1.82, 2.24) is 19.7 Å². The van der Waals surface area contributed by atoms with Crippen LogP contribution in [0.5, 0.6) is 11.8 Å². The lowest BCUT2D eigenvalue weighted by molar-refractivity contribution is 0.388. The molecule has 1 N–H and O–H groups in total. The van der Waals surface area contributed by atoms with E-state index in [1.807, 2.05) is 0 Å². The number of ether oxygens (including phenoxy) is 1. The summed E-state index contributed by atoms with van der Waals surface area (Å²) in [5.74, 6) is -1.71. The summed E-state index contributed by atoms with van der Waals surface area (Å²) < 4.78 is 58.7. The highest BCUT2D eigenvalue weighted by atomic mass is 32.2. The zero-order valence-corrected chi connectivity index (χ0v) is 21.0. The number of nitrogens with zero attached hydrogens (tertiary/aromatic N) is 4. The Morgan fingerprint density at radius 1 is 1.08 bits per heavy atom. The predicted molar refractivity (Wildman–Crippen MR) is 136 cm³/mol. The number of hydrogen-bond donors (Lipinski definition) is 1. The van der Waals surface area contributed by atoms with Gasteiger partial charge in [-0.2, -0.15) is 9.35 Å². The minimum absolute atomic E-state index is 0.0362. The largest absolute Gasteiger partial charge is 0.439 e. The molecule has 0 aliphatic rings. The second kappa shape index (κ2) is 8.96. The zero-order valence-electron chi connectivity index (χ0n) is 20.2. The Morgan fingerprint density at radius 2 is 1.78 bits per heavy atom. The molecule has 3 aromatic carbocycles. The molecule has 0 aliphatic heterocycles. The van der Waals surface area contributed by atoms with Crippen LogP contribution in [-0.4, -0.2) is 36.4 Å². The third-order valence-corrected chi connectivity index (χ3v) is 6.26. The second-order valence-electron chi connectivity index (χ2n) is 8.71. The van der Waals surface area contributed by atoms with Crippen molar-refractivity contribution in [3.63, 3.8) is 0 Å². The molecule has 5 aromatic rings. The van der Waals surface area contributed by atoms with Gasteiger partial charge in [-0.1, -0.05) is 29.4 Å². The van der Waals surface area contributed by atoms with E-state index in [1.54, 1.807) is 44.3 Å². The smallest absolute Gasteiger partial charge is 0.425 e. The Balaban J connectivity index is 1.55. The van der Waals surface area contributed by atoms with Crippen molar-refractivity contribution in [2.45, 2.75) is 6.92 Å². The minimum Gasteiger partial charge on any atom is -0.425 e. The molecule has 0 saturated heterocycles. The van der Waals surface area contributed by atoms with Crippen LogP contribution in [0.1, 0.15) is 5.56 Å². The number of aryl methyl sites for hydroxylation is 2. The van der Waals surface area contributed by atoms with Crippen molar-refractivity contribution >= 4 is 26.4 Å². The molecule has 0 amide bonds. The van der Waals surface area contributed by atoms with Crippen molar-refractivity contribution in [3.8, 4) is 34.3 Å². The number of imidazole rings is 1. The average molecular weight is 526 g/mol. The van der Waals surface area contributed by atoms with Crippen LogP contribution in [0, 0.1) is 18.6 Å². The van der Waals surface area contributed by atoms with E-state index in [1.165, 1.54) is 35.3 Å². The number of H-pyrrole nitrogens is 1. The first kappa shape index (κ1) is 24.4. The quantitative estimate of drug-likeness (QED) is 0.332. The van der Waals surface area contributed by atoms with Crippen LogP contribution in [0.4, 0.5) is 14.5 Å². The van der Waals surface area contributed by atoms with Gasteiger partial charge < -0.3 is 4.74 Å². The van der Waals surface area contributed by atoms with Gasteiger partial charge in [-0.3, -0.25) is 14.1 Å². The van der Waals surface area contributed by atoms with Crippen LogP contribution >= 0.6 is 0 Å². The number of nitrogens with one attached hydrogen (secondary N) is 1. The van der Waals surface area contributed by atoms with Gasteiger partial charge in [0.25, 0.3) is 0 Å². The van der Waals surface area contributed by atoms with Crippen LogP contribution in [0.3, 0.4) is 0 Å². The second-order valence-corrected chi connectivity index (χ2v) is 11.3. The lowest BCUT2D eigenvalue weighted by Crippen LogP contribution is -1.97. The minimum atomic E-state index is -2.37. The predicted octanol–water partition coefficient (Wildman–Crippen LogP) is 5.32. The molecule has 37 heavy (non-hydrogen) atoms. The van der Waals surface area contributed by atoms with E-state index >= 15 is 8.78 Å². The number of benzene rings is 3. The summed E-state index contributed by atoms with van der Waals surface area (Å²) in [4.78, 5) is 18.1. The van der Waals surface area contributed by atoms with Crippen molar-refractivity contribution in [2.24, 2.45) is 11.4 Å². The van der Waals surface area contributed by atoms with Gasteiger partial charge in [-0.05, 0) is 36.2 Å². The Hall–Kier alpha value is -4.32. The summed E-state index contributed by atoms with van der Waals surface area (Å²) in [5, 5.41) is 3.67. The van der Waals surface area contributed by atoms with E-state index < -0.39 is 27.1 Å². The summed E-state index contributed by atoms with van der Waals surface area (Å²) >= 11 is 0. The van der Waals surface area contributed by atoms with Gasteiger partial charge in [0.1, 0.15) is 17.1 Å². The summed E-state index contributed by atoms with van der Waals surface area (Å²) in [6, 6.07) is 12.5. The number of hydrogen-bond acceptors (Lipinski definition) is 7. The third-order valence-electron chi connectivity index (χ3n) is 5.61. The van der Waals surface area contributed by atoms with Crippen LogP contribution in [0.15, 0.2) is 62.2 Å². The normalized spacial score (nSPS) is 11.7. The van der Waals surface area contributed by atoms with Crippen LogP contribution in [0.2, 0.25) is 0 Å². The molecule has 2 aromatic heterocycles. The van der Waals surface area contributed by atoms with E-state index in [0.717, 1.165) is 5.56 Å². The Labute approximate surface area is 209 Å². The zero-order chi connectivity index (χ0) is 26.5. The molecular formula is C25H21F2N5O4S. The topological polar surface area (TPSA) is 115 Å². The lowest BCUT2D eigenvalue weighted by atomic mass is 10.0. The number of aromatic amines is 1. The lowest BCUT2D eigenvalue weighted by Gasteiger charge is -2.09. The Morgan fingerprint density at radius 3 is 2.43 bits per heavy atom. The Kier molecular flexibility index (Phi) is 5.91. The van der Waals surface area contributed by atoms with Crippen molar-refractivity contribution < 1.29 is 22.2 Å². The van der Waals surface area contributed by atoms with Gasteiger partial charge >= 0.3 is 11.8 Å². The number of fused-ring (bicyclic) bond motifs is 1. The molecule has 190 valence electrons. The molecule has 0 atom stereocenters. The first-order valence-corrected chi connectivity index (χ1v) is 13.3. The SMILES string of the molecule is Cc1ccc(-c2noc(=O)[nH]2)cc1Oc1nc2c(F)c(-c3ccc(N=S(C)(C)=O)cc3)c(F)cc2n1C. The van der Waals surface area contributed by atoms with Gasteiger partial charge in [-0.25, -0.2) is 17.8 Å². The highest BCUT2D eigenvalue weighted by Gasteiger charge is 2.22. The van der Waals surface area contributed by atoms with E-state index in [4.69, 9.17) is 4.74 Å². The summed E-state index contributed by atoms with van der Waals surface area (Å²) in [7, 11) is -0.788. The molecule has 0 radical (unpaired) electrons. The van der Waals surface area contributed by atoms with Gasteiger partial charge in [-0.15, -0.1) is 0 Å². The van der Waals surface area contributed by atoms with Gasteiger partial charge in [0.15, 0.2) is 11.6 Å². The third kappa shape index (κ3) is 4.75. The average Bonchev–Trinajstić information content (AvgIpc) is 3.39.